The van der Waals surface area contributed by atoms with Crippen LogP contribution in [-0.2, 0) is 6.18 Å². The van der Waals surface area contributed by atoms with Gasteiger partial charge in [0.05, 0.1) is 0 Å². The van der Waals surface area contributed by atoms with Crippen LogP contribution >= 0.6 is 0 Å². The maximum atomic E-state index is 12.8. The zero-order chi connectivity index (χ0) is 13.4. The lowest BCUT2D eigenvalue weighted by Crippen LogP contribution is -2.12. The van der Waals surface area contributed by atoms with E-state index in [1.807, 2.05) is 0 Å². The second-order valence-electron chi connectivity index (χ2n) is 2.80. The maximum Gasteiger partial charge on any atom is 0.423 e. The van der Waals surface area contributed by atoms with Crippen molar-refractivity contribution < 1.29 is 31.3 Å². The van der Waals surface area contributed by atoms with Gasteiger partial charge >= 0.3 is 17.9 Å². The van der Waals surface area contributed by atoms with Crippen LogP contribution in [0, 0.1) is 16.1 Å². The Labute approximate surface area is 89.0 Å². The monoisotopic (exact) mass is 260 g/mol. The molecule has 0 aromatic carbocycles. The summed E-state index contributed by atoms with van der Waals surface area (Å²) >= 11 is 0. The summed E-state index contributed by atoms with van der Waals surface area (Å²) in [7, 11) is 0. The molecule has 0 saturated carbocycles. The lowest BCUT2D eigenvalue weighted by atomic mass is 10.2. The molecule has 1 aromatic heterocycles. The number of alkyl halides is 5. The summed E-state index contributed by atoms with van der Waals surface area (Å²) in [5.41, 5.74) is -3.65. The van der Waals surface area contributed by atoms with Gasteiger partial charge < -0.3 is 10.1 Å². The van der Waals surface area contributed by atoms with E-state index in [1.165, 1.54) is 0 Å². The molecule has 1 aromatic rings. The summed E-state index contributed by atoms with van der Waals surface area (Å²) in [4.78, 5) is 11.0. The minimum atomic E-state index is -5.25. The average molecular weight is 260 g/mol. The SMILES string of the molecule is O=[N+]([O-])c1nc(F)c(C(F)(F)F)cc1C(F)F. The maximum absolute atomic E-state index is 12.8. The van der Waals surface area contributed by atoms with Gasteiger partial charge in [0.1, 0.15) is 11.1 Å². The largest absolute Gasteiger partial charge is 0.423 e. The molecule has 0 aliphatic carbocycles. The summed E-state index contributed by atoms with van der Waals surface area (Å²) in [5.74, 6) is -3.85. The molecule has 1 rings (SSSR count). The second-order valence-corrected chi connectivity index (χ2v) is 2.80. The van der Waals surface area contributed by atoms with Crippen molar-refractivity contribution in [2.24, 2.45) is 0 Å². The fourth-order valence-corrected chi connectivity index (χ4v) is 1.00. The summed E-state index contributed by atoms with van der Waals surface area (Å²) in [5, 5.41) is 10.2. The third-order valence-corrected chi connectivity index (χ3v) is 1.70. The lowest BCUT2D eigenvalue weighted by Gasteiger charge is -2.07. The quantitative estimate of drug-likeness (QED) is 0.355. The van der Waals surface area contributed by atoms with Crippen LogP contribution < -0.4 is 0 Å². The van der Waals surface area contributed by atoms with Crippen molar-refractivity contribution in [1.82, 2.24) is 4.98 Å². The lowest BCUT2D eigenvalue weighted by molar-refractivity contribution is -0.391. The van der Waals surface area contributed by atoms with Gasteiger partial charge in [-0.1, -0.05) is 0 Å². The molecule has 94 valence electrons. The van der Waals surface area contributed by atoms with Crippen molar-refractivity contribution in [2.75, 3.05) is 0 Å². The van der Waals surface area contributed by atoms with Gasteiger partial charge in [0.25, 0.3) is 6.43 Å². The predicted molar refractivity (Wildman–Crippen MR) is 40.8 cm³/mol. The average Bonchev–Trinajstić information content (AvgIpc) is 2.14. The molecule has 0 radical (unpaired) electrons. The van der Waals surface area contributed by atoms with Crippen molar-refractivity contribution >= 4 is 5.82 Å². The highest BCUT2D eigenvalue weighted by Gasteiger charge is 2.40. The van der Waals surface area contributed by atoms with E-state index in [9.17, 15) is 36.5 Å². The Morgan fingerprint density at radius 1 is 1.35 bits per heavy atom. The summed E-state index contributed by atoms with van der Waals surface area (Å²) in [6.45, 7) is 0. The Balaban J connectivity index is 3.51. The van der Waals surface area contributed by atoms with E-state index >= 15 is 0 Å². The van der Waals surface area contributed by atoms with Crippen LogP contribution in [0.15, 0.2) is 6.07 Å². The normalized spacial score (nSPS) is 11.9. The van der Waals surface area contributed by atoms with Crippen molar-refractivity contribution in [2.45, 2.75) is 12.6 Å². The Morgan fingerprint density at radius 3 is 2.24 bits per heavy atom. The molecule has 0 spiro atoms. The van der Waals surface area contributed by atoms with Gasteiger partial charge in [-0.05, 0) is 16.0 Å². The van der Waals surface area contributed by atoms with E-state index in [0.29, 0.717) is 0 Å². The summed E-state index contributed by atoms with van der Waals surface area (Å²) in [6.07, 6.45) is -8.82. The molecule has 1 heterocycles. The molecule has 0 saturated heterocycles. The zero-order valence-electron chi connectivity index (χ0n) is 7.63. The first kappa shape index (κ1) is 13.2. The van der Waals surface area contributed by atoms with Gasteiger partial charge in [-0.2, -0.15) is 17.6 Å². The van der Waals surface area contributed by atoms with Crippen molar-refractivity contribution in [3.8, 4) is 0 Å². The number of rotatable bonds is 2. The number of hydrogen-bond acceptors (Lipinski definition) is 3. The summed E-state index contributed by atoms with van der Waals surface area (Å²) < 4.78 is 73.7. The van der Waals surface area contributed by atoms with Crippen LogP contribution in [0.1, 0.15) is 17.6 Å². The minimum absolute atomic E-state index is 0.314. The smallest absolute Gasteiger partial charge is 0.358 e. The van der Waals surface area contributed by atoms with Gasteiger partial charge in [0.2, 0.25) is 0 Å². The third kappa shape index (κ3) is 2.63. The Bertz CT molecular complexity index is 458. The number of aromatic nitrogens is 1. The molecule has 17 heavy (non-hydrogen) atoms. The first-order valence-corrected chi connectivity index (χ1v) is 3.84. The molecular weight excluding hydrogens is 258 g/mol. The predicted octanol–water partition coefficient (Wildman–Crippen LogP) is 3.09. The first-order chi connectivity index (χ1) is 7.64. The molecule has 0 aliphatic rings. The van der Waals surface area contributed by atoms with E-state index in [0.717, 1.165) is 0 Å². The fraction of sp³-hybridized carbons (Fsp3) is 0.286. The Morgan fingerprint density at radius 2 is 1.88 bits per heavy atom. The number of nitro groups is 1. The van der Waals surface area contributed by atoms with E-state index in [-0.39, 0.29) is 6.07 Å². The van der Waals surface area contributed by atoms with Crippen LogP contribution in [0.3, 0.4) is 0 Å². The highest BCUT2D eigenvalue weighted by molar-refractivity contribution is 5.37. The van der Waals surface area contributed by atoms with E-state index in [4.69, 9.17) is 0 Å². The number of hydrogen-bond donors (Lipinski definition) is 0. The number of pyridine rings is 1. The summed E-state index contributed by atoms with van der Waals surface area (Å²) in [6, 6.07) is -0.314. The molecule has 0 amide bonds. The molecule has 0 fully saturated rings. The molecule has 0 bridgehead atoms. The molecule has 0 unspecified atom stereocenters. The standard InChI is InChI=1S/C7H2F6N2O2/c8-4(9)2-1-3(7(11,12)13)5(10)14-6(2)15(16)17/h1,4H. The first-order valence-electron chi connectivity index (χ1n) is 3.84. The molecule has 0 atom stereocenters. The molecule has 0 N–H and O–H groups in total. The van der Waals surface area contributed by atoms with E-state index in [1.54, 1.807) is 0 Å². The Kier molecular flexibility index (Phi) is 3.25. The van der Waals surface area contributed by atoms with E-state index < -0.39 is 40.4 Å². The number of nitrogens with zero attached hydrogens (tertiary/aromatic N) is 2. The van der Waals surface area contributed by atoms with Crippen LogP contribution in [0.5, 0.6) is 0 Å². The second kappa shape index (κ2) is 4.18. The van der Waals surface area contributed by atoms with Crippen molar-refractivity contribution in [1.29, 1.82) is 0 Å². The van der Waals surface area contributed by atoms with Crippen LogP contribution in [0.2, 0.25) is 0 Å². The highest BCUT2D eigenvalue weighted by atomic mass is 19.4. The van der Waals surface area contributed by atoms with Gasteiger partial charge in [-0.15, -0.1) is 0 Å². The van der Waals surface area contributed by atoms with Crippen LogP contribution in [-0.4, -0.2) is 9.91 Å². The molecule has 10 heteroatoms. The van der Waals surface area contributed by atoms with Crippen LogP contribution in [0.4, 0.5) is 32.2 Å². The highest BCUT2D eigenvalue weighted by Crippen LogP contribution is 2.36. The topological polar surface area (TPSA) is 56.0 Å². The van der Waals surface area contributed by atoms with Gasteiger partial charge in [0.15, 0.2) is 0 Å². The van der Waals surface area contributed by atoms with Gasteiger partial charge in [0, 0.05) is 0 Å². The van der Waals surface area contributed by atoms with E-state index in [2.05, 4.69) is 4.98 Å². The third-order valence-electron chi connectivity index (χ3n) is 1.70. The van der Waals surface area contributed by atoms with Gasteiger partial charge in [-0.3, -0.25) is 0 Å². The van der Waals surface area contributed by atoms with Crippen molar-refractivity contribution in [3.63, 3.8) is 0 Å². The van der Waals surface area contributed by atoms with Gasteiger partial charge in [-0.25, -0.2) is 8.78 Å². The zero-order valence-corrected chi connectivity index (χ0v) is 7.63. The molecule has 4 nitrogen and oxygen atoms in total. The number of halogens is 6. The van der Waals surface area contributed by atoms with Crippen molar-refractivity contribution in [3.05, 3.63) is 33.3 Å². The minimum Gasteiger partial charge on any atom is -0.358 e. The van der Waals surface area contributed by atoms with Crippen LogP contribution in [0.25, 0.3) is 0 Å². The fourth-order valence-electron chi connectivity index (χ4n) is 1.00. The Hall–Kier alpha value is -1.87. The molecular formula is C7H2F6N2O2. The molecule has 0 aliphatic heterocycles.